The van der Waals surface area contributed by atoms with Crippen LogP contribution in [-0.4, -0.2) is 12.5 Å². The monoisotopic (exact) mass is 206 g/mol. The quantitative estimate of drug-likeness (QED) is 0.768. The van der Waals surface area contributed by atoms with Gasteiger partial charge in [0.15, 0.2) is 0 Å². The number of hydrogen-bond donors (Lipinski definition) is 2. The minimum Gasteiger partial charge on any atom is -0.369 e. The zero-order valence-corrected chi connectivity index (χ0v) is 9.29. The first-order chi connectivity index (χ1) is 7.06. The molecule has 0 aliphatic rings. The van der Waals surface area contributed by atoms with Crippen molar-refractivity contribution < 1.29 is 4.79 Å². The molecule has 1 amide bonds. The summed E-state index contributed by atoms with van der Waals surface area (Å²) < 4.78 is 0. The zero-order chi connectivity index (χ0) is 11.4. The van der Waals surface area contributed by atoms with Crippen LogP contribution in [0.2, 0.25) is 0 Å². The molecule has 0 aliphatic heterocycles. The average Bonchev–Trinajstić information content (AvgIpc) is 2.17. The fourth-order valence-electron chi connectivity index (χ4n) is 1.72. The smallest absolute Gasteiger partial charge is 0.222 e. The molecule has 3 nitrogen and oxygen atoms in total. The summed E-state index contributed by atoms with van der Waals surface area (Å²) in [5.74, 6) is -0.579. The predicted molar refractivity (Wildman–Crippen MR) is 61.4 cm³/mol. The van der Waals surface area contributed by atoms with Gasteiger partial charge in [0, 0.05) is 6.54 Å². The first-order valence-corrected chi connectivity index (χ1v) is 5.10. The lowest BCUT2D eigenvalue weighted by Crippen LogP contribution is -2.31. The van der Waals surface area contributed by atoms with Crippen LogP contribution in [0.15, 0.2) is 18.2 Å². The molecule has 0 fully saturated rings. The number of primary amides is 1. The van der Waals surface area contributed by atoms with Crippen molar-refractivity contribution in [2.45, 2.75) is 20.3 Å². The summed E-state index contributed by atoms with van der Waals surface area (Å²) in [6, 6.07) is 6.09. The second-order valence-corrected chi connectivity index (χ2v) is 3.91. The number of aryl methyl sites for hydroxylation is 2. The molecule has 4 N–H and O–H groups in total. The summed E-state index contributed by atoms with van der Waals surface area (Å²) in [5, 5.41) is 0. The molecule has 1 rings (SSSR count). The van der Waals surface area contributed by atoms with E-state index in [2.05, 4.69) is 0 Å². The normalized spacial score (nSPS) is 12.5. The van der Waals surface area contributed by atoms with Crippen LogP contribution in [0.25, 0.3) is 0 Å². The number of rotatable bonds is 4. The van der Waals surface area contributed by atoms with E-state index in [0.29, 0.717) is 13.0 Å². The first kappa shape index (κ1) is 11.7. The minimum atomic E-state index is -0.319. The highest BCUT2D eigenvalue weighted by molar-refractivity contribution is 5.77. The van der Waals surface area contributed by atoms with Crippen LogP contribution in [0.4, 0.5) is 0 Å². The lowest BCUT2D eigenvalue weighted by atomic mass is 9.92. The number of carbonyl (C=O) groups is 1. The first-order valence-electron chi connectivity index (χ1n) is 5.10. The van der Waals surface area contributed by atoms with E-state index >= 15 is 0 Å². The number of hydrogen-bond acceptors (Lipinski definition) is 2. The largest absolute Gasteiger partial charge is 0.369 e. The van der Waals surface area contributed by atoms with E-state index in [4.69, 9.17) is 11.5 Å². The van der Waals surface area contributed by atoms with Crippen molar-refractivity contribution in [3.8, 4) is 0 Å². The Kier molecular flexibility index (Phi) is 3.86. The van der Waals surface area contributed by atoms with E-state index in [1.807, 2.05) is 32.0 Å². The summed E-state index contributed by atoms with van der Waals surface area (Å²) in [5.41, 5.74) is 14.4. The van der Waals surface area contributed by atoms with Gasteiger partial charge in [-0.3, -0.25) is 4.79 Å². The average molecular weight is 206 g/mol. The molecular formula is C12H18N2O. The van der Waals surface area contributed by atoms with Crippen molar-refractivity contribution in [2.24, 2.45) is 17.4 Å². The molecular weight excluding hydrogens is 188 g/mol. The molecule has 1 unspecified atom stereocenters. The molecule has 1 atom stereocenters. The minimum absolute atomic E-state index is 0.259. The summed E-state index contributed by atoms with van der Waals surface area (Å²) >= 11 is 0. The number of amides is 1. The summed E-state index contributed by atoms with van der Waals surface area (Å²) in [6.07, 6.45) is 0.643. The maximum Gasteiger partial charge on any atom is 0.222 e. The second kappa shape index (κ2) is 4.94. The van der Waals surface area contributed by atoms with Gasteiger partial charge >= 0.3 is 0 Å². The Morgan fingerprint density at radius 2 is 1.87 bits per heavy atom. The van der Waals surface area contributed by atoms with Gasteiger partial charge in [-0.25, -0.2) is 0 Å². The molecule has 0 saturated carbocycles. The van der Waals surface area contributed by atoms with Gasteiger partial charge in [-0.1, -0.05) is 18.2 Å². The van der Waals surface area contributed by atoms with E-state index in [-0.39, 0.29) is 11.8 Å². The van der Waals surface area contributed by atoms with Crippen molar-refractivity contribution in [1.82, 2.24) is 0 Å². The summed E-state index contributed by atoms with van der Waals surface area (Å²) in [6.45, 7) is 4.39. The molecule has 0 aliphatic carbocycles. The number of carbonyl (C=O) groups excluding carboxylic acids is 1. The molecule has 1 aromatic carbocycles. The molecule has 0 radical (unpaired) electrons. The van der Waals surface area contributed by atoms with Crippen LogP contribution >= 0.6 is 0 Å². The molecule has 82 valence electrons. The fourth-order valence-corrected chi connectivity index (χ4v) is 1.72. The van der Waals surface area contributed by atoms with Gasteiger partial charge in [0.2, 0.25) is 5.91 Å². The van der Waals surface area contributed by atoms with Gasteiger partial charge < -0.3 is 11.5 Å². The van der Waals surface area contributed by atoms with Gasteiger partial charge in [-0.15, -0.1) is 0 Å². The van der Waals surface area contributed by atoms with Crippen molar-refractivity contribution in [2.75, 3.05) is 6.54 Å². The lowest BCUT2D eigenvalue weighted by Gasteiger charge is -2.14. The molecule has 1 aromatic rings. The topological polar surface area (TPSA) is 69.1 Å². The van der Waals surface area contributed by atoms with E-state index in [1.54, 1.807) is 0 Å². The van der Waals surface area contributed by atoms with E-state index in [1.165, 1.54) is 16.7 Å². The standard InChI is InChI=1S/C12H18N2O/c1-8-4-3-5-9(2)11(8)6-10(7-13)12(14)15/h3-5,10H,6-7,13H2,1-2H3,(H2,14,15). The van der Waals surface area contributed by atoms with Crippen molar-refractivity contribution in [3.63, 3.8) is 0 Å². The predicted octanol–water partition coefficient (Wildman–Crippen LogP) is 0.906. The third-order valence-corrected chi connectivity index (χ3v) is 2.78. The highest BCUT2D eigenvalue weighted by atomic mass is 16.1. The fraction of sp³-hybridized carbons (Fsp3) is 0.417. The van der Waals surface area contributed by atoms with Crippen molar-refractivity contribution in [3.05, 3.63) is 34.9 Å². The van der Waals surface area contributed by atoms with Gasteiger partial charge in [0.25, 0.3) is 0 Å². The lowest BCUT2D eigenvalue weighted by molar-refractivity contribution is -0.121. The molecule has 0 aromatic heterocycles. The third-order valence-electron chi connectivity index (χ3n) is 2.78. The molecule has 0 bridgehead atoms. The molecule has 3 heteroatoms. The Bertz CT molecular complexity index is 340. The number of benzene rings is 1. The van der Waals surface area contributed by atoms with Gasteiger partial charge in [-0.2, -0.15) is 0 Å². The van der Waals surface area contributed by atoms with Crippen LogP contribution in [0, 0.1) is 19.8 Å². The Balaban J connectivity index is 2.92. The highest BCUT2D eigenvalue weighted by Gasteiger charge is 2.15. The summed E-state index contributed by atoms with van der Waals surface area (Å²) in [4.78, 5) is 11.1. The molecule has 0 heterocycles. The van der Waals surface area contributed by atoms with Crippen LogP contribution < -0.4 is 11.5 Å². The zero-order valence-electron chi connectivity index (χ0n) is 9.29. The Hall–Kier alpha value is -1.35. The third kappa shape index (κ3) is 2.80. The van der Waals surface area contributed by atoms with E-state index in [0.717, 1.165) is 0 Å². The van der Waals surface area contributed by atoms with Gasteiger partial charge in [0.05, 0.1) is 5.92 Å². The van der Waals surface area contributed by atoms with Gasteiger partial charge in [0.1, 0.15) is 0 Å². The Morgan fingerprint density at radius 1 is 1.33 bits per heavy atom. The molecule has 0 spiro atoms. The van der Waals surface area contributed by atoms with Crippen LogP contribution in [0.5, 0.6) is 0 Å². The van der Waals surface area contributed by atoms with Crippen molar-refractivity contribution in [1.29, 1.82) is 0 Å². The Morgan fingerprint density at radius 3 is 2.27 bits per heavy atom. The van der Waals surface area contributed by atoms with Gasteiger partial charge in [-0.05, 0) is 37.0 Å². The van der Waals surface area contributed by atoms with Crippen LogP contribution in [-0.2, 0) is 11.2 Å². The second-order valence-electron chi connectivity index (χ2n) is 3.91. The highest BCUT2D eigenvalue weighted by Crippen LogP contribution is 2.17. The molecule has 15 heavy (non-hydrogen) atoms. The van der Waals surface area contributed by atoms with E-state index < -0.39 is 0 Å². The number of nitrogens with two attached hydrogens (primary N) is 2. The molecule has 0 saturated heterocycles. The van der Waals surface area contributed by atoms with E-state index in [9.17, 15) is 4.79 Å². The van der Waals surface area contributed by atoms with Crippen LogP contribution in [0.1, 0.15) is 16.7 Å². The van der Waals surface area contributed by atoms with Crippen molar-refractivity contribution >= 4 is 5.91 Å². The SMILES string of the molecule is Cc1cccc(C)c1CC(CN)C(N)=O. The Labute approximate surface area is 90.5 Å². The van der Waals surface area contributed by atoms with Crippen LogP contribution in [0.3, 0.4) is 0 Å². The summed E-state index contributed by atoms with van der Waals surface area (Å²) in [7, 11) is 0. The maximum atomic E-state index is 11.1. The maximum absolute atomic E-state index is 11.1.